The predicted molar refractivity (Wildman–Crippen MR) is 137 cm³/mol. The van der Waals surface area contributed by atoms with Crippen molar-refractivity contribution in [1.29, 1.82) is 0 Å². The summed E-state index contributed by atoms with van der Waals surface area (Å²) < 4.78 is 2.64. The van der Waals surface area contributed by atoms with E-state index in [0.717, 1.165) is 15.7 Å². The monoisotopic (exact) mass is 537 g/mol. The summed E-state index contributed by atoms with van der Waals surface area (Å²) in [4.78, 5) is 12.7. The Balaban J connectivity index is 0.000000860. The zero-order valence-corrected chi connectivity index (χ0v) is 21.5. The molecule has 32 heavy (non-hydrogen) atoms. The van der Waals surface area contributed by atoms with Gasteiger partial charge in [0.2, 0.25) is 0 Å². The van der Waals surface area contributed by atoms with Crippen LogP contribution in [0.15, 0.2) is 70.5 Å². The lowest BCUT2D eigenvalue weighted by Gasteiger charge is -2.16. The third-order valence-corrected chi connectivity index (χ3v) is 5.16. The van der Waals surface area contributed by atoms with Crippen LogP contribution in [0.25, 0.3) is 0 Å². The quantitative estimate of drug-likeness (QED) is 0.375. The van der Waals surface area contributed by atoms with Gasteiger partial charge in [-0.1, -0.05) is 63.0 Å². The van der Waals surface area contributed by atoms with Gasteiger partial charge in [0, 0.05) is 27.5 Å². The summed E-state index contributed by atoms with van der Waals surface area (Å²) in [5, 5.41) is 14.4. The van der Waals surface area contributed by atoms with Gasteiger partial charge in [0.1, 0.15) is 6.04 Å². The number of carbonyl (C=O) groups is 1. The Bertz CT molecular complexity index is 1040. The van der Waals surface area contributed by atoms with Crippen LogP contribution in [-0.2, 0) is 0 Å². The second kappa shape index (κ2) is 12.6. The minimum absolute atomic E-state index is 0.219. The molecule has 170 valence electrons. The molecule has 0 saturated carbocycles. The predicted octanol–water partition coefficient (Wildman–Crippen LogP) is 7.50. The number of hydrogen-bond acceptors (Lipinski definition) is 3. The Labute approximate surface area is 207 Å². The van der Waals surface area contributed by atoms with Crippen molar-refractivity contribution < 1.29 is 4.79 Å². The number of anilines is 1. The fraction of sp³-hybridized carbons (Fsp3) is 0.261. The smallest absolute Gasteiger partial charge is 0.306 e. The van der Waals surface area contributed by atoms with E-state index in [1.165, 1.54) is 5.01 Å². The van der Waals surface area contributed by atoms with E-state index >= 15 is 0 Å². The highest BCUT2D eigenvalue weighted by Gasteiger charge is 2.33. The zero-order chi connectivity index (χ0) is 23.7. The van der Waals surface area contributed by atoms with Gasteiger partial charge < -0.3 is 5.32 Å². The average Bonchev–Trinajstić information content (AvgIpc) is 3.45. The van der Waals surface area contributed by atoms with Crippen molar-refractivity contribution in [2.45, 2.75) is 33.7 Å². The Morgan fingerprint density at radius 2 is 1.56 bits per heavy atom. The third-order valence-electron chi connectivity index (χ3n) is 4.25. The van der Waals surface area contributed by atoms with E-state index in [0.29, 0.717) is 22.3 Å². The molecule has 1 aromatic heterocycles. The Morgan fingerprint density at radius 1 is 1.00 bits per heavy atom. The fourth-order valence-corrected chi connectivity index (χ4v) is 3.46. The second-order valence-corrected chi connectivity index (χ2v) is 7.95. The van der Waals surface area contributed by atoms with E-state index in [9.17, 15) is 4.79 Å². The molecular weight excluding hydrogens is 513 g/mol. The summed E-state index contributed by atoms with van der Waals surface area (Å²) >= 11 is 15.3. The van der Waals surface area contributed by atoms with Crippen molar-refractivity contribution >= 4 is 56.6 Å². The van der Waals surface area contributed by atoms with Crippen LogP contribution in [0.4, 0.5) is 10.5 Å². The van der Waals surface area contributed by atoms with Crippen molar-refractivity contribution in [3.8, 4) is 0 Å². The Kier molecular flexibility index (Phi) is 10.2. The largest absolute Gasteiger partial charge is 0.342 e. The number of halogens is 3. The summed E-state index contributed by atoms with van der Waals surface area (Å²) in [5.41, 5.74) is 2.25. The first-order valence-corrected chi connectivity index (χ1v) is 11.9. The number of hydrazone groups is 1. The highest BCUT2D eigenvalue weighted by atomic mass is 79.9. The van der Waals surface area contributed by atoms with E-state index in [4.69, 9.17) is 23.2 Å². The summed E-state index contributed by atoms with van der Waals surface area (Å²) in [7, 11) is 0. The topological polar surface area (TPSA) is 62.5 Å². The van der Waals surface area contributed by atoms with Crippen LogP contribution >= 0.6 is 39.1 Å². The van der Waals surface area contributed by atoms with Crippen LogP contribution in [0.5, 0.6) is 0 Å². The van der Waals surface area contributed by atoms with E-state index in [2.05, 4.69) is 31.4 Å². The van der Waals surface area contributed by atoms with Gasteiger partial charge in [0.05, 0.1) is 22.9 Å². The van der Waals surface area contributed by atoms with Crippen LogP contribution in [0.1, 0.15) is 39.3 Å². The molecule has 2 amide bonds. The van der Waals surface area contributed by atoms with Crippen LogP contribution in [-0.4, -0.2) is 33.1 Å². The van der Waals surface area contributed by atoms with Crippen LogP contribution in [0, 0.1) is 0 Å². The normalized spacial score (nSPS) is 14.5. The molecule has 1 aliphatic rings. The molecule has 1 aliphatic heterocycles. The molecule has 0 radical (unpaired) electrons. The molecule has 0 spiro atoms. The summed E-state index contributed by atoms with van der Waals surface area (Å²) in [6.45, 7) is 8.35. The molecule has 4 rings (SSSR count). The number of benzene rings is 2. The first-order chi connectivity index (χ1) is 15.5. The maximum atomic E-state index is 12.7. The Morgan fingerprint density at radius 3 is 2.09 bits per heavy atom. The number of aromatic nitrogens is 2. The molecule has 0 saturated heterocycles. The molecular formula is C23H26BrCl2N5O. The molecule has 1 N–H and O–H groups in total. The average molecular weight is 539 g/mol. The molecule has 6 nitrogen and oxygen atoms in total. The molecule has 0 bridgehead atoms. The number of urea groups is 1. The minimum atomic E-state index is -0.331. The summed E-state index contributed by atoms with van der Waals surface area (Å²) in [5.74, 6) is 0. The second-order valence-electron chi connectivity index (χ2n) is 6.17. The van der Waals surface area contributed by atoms with Gasteiger partial charge in [-0.3, -0.25) is 4.68 Å². The van der Waals surface area contributed by atoms with E-state index < -0.39 is 0 Å². The molecule has 0 aliphatic carbocycles. The zero-order valence-electron chi connectivity index (χ0n) is 18.4. The van der Waals surface area contributed by atoms with Crippen LogP contribution < -0.4 is 5.32 Å². The number of nitrogens with zero attached hydrogens (tertiary/aromatic N) is 4. The number of nitrogens with one attached hydrogen (secondary N) is 1. The standard InChI is InChI=1S/C19H14BrCl2N5O.2C2H6/c20-13-9-23-26(10-13)17-11-27(19(28)24-16-7-5-15(22)6-8-16)25-18(17)12-1-3-14(21)4-2-12;2*1-2/h1-10,17H,11H2,(H,24,28);2*1-2H3. The molecule has 2 aromatic carbocycles. The molecule has 1 unspecified atom stereocenters. The number of rotatable bonds is 3. The van der Waals surface area contributed by atoms with Gasteiger partial charge in [-0.05, 0) is 52.3 Å². The van der Waals surface area contributed by atoms with Crippen molar-refractivity contribution in [2.75, 3.05) is 11.9 Å². The molecule has 1 atom stereocenters. The third kappa shape index (κ3) is 6.58. The van der Waals surface area contributed by atoms with Crippen LogP contribution in [0.2, 0.25) is 10.0 Å². The molecule has 3 aromatic rings. The van der Waals surface area contributed by atoms with Crippen molar-refractivity contribution in [2.24, 2.45) is 5.10 Å². The van der Waals surface area contributed by atoms with Gasteiger partial charge in [0.25, 0.3) is 0 Å². The summed E-state index contributed by atoms with van der Waals surface area (Å²) in [6.07, 6.45) is 3.56. The maximum absolute atomic E-state index is 12.7. The van der Waals surface area contributed by atoms with Crippen molar-refractivity contribution in [3.05, 3.63) is 81.0 Å². The van der Waals surface area contributed by atoms with E-state index in [1.807, 2.05) is 46.0 Å². The fourth-order valence-electron chi connectivity index (χ4n) is 2.90. The van der Waals surface area contributed by atoms with Gasteiger partial charge >= 0.3 is 6.03 Å². The lowest BCUT2D eigenvalue weighted by molar-refractivity contribution is 0.215. The number of hydrogen-bond donors (Lipinski definition) is 1. The lowest BCUT2D eigenvalue weighted by atomic mass is 10.0. The SMILES string of the molecule is CC.CC.O=C(Nc1ccc(Cl)cc1)N1CC(n2cc(Br)cn2)C(c2ccc(Cl)cc2)=N1. The van der Waals surface area contributed by atoms with Crippen molar-refractivity contribution in [1.82, 2.24) is 14.8 Å². The first kappa shape index (κ1) is 25.9. The summed E-state index contributed by atoms with van der Waals surface area (Å²) in [6, 6.07) is 13.7. The Hall–Kier alpha value is -2.35. The first-order valence-electron chi connectivity index (χ1n) is 10.4. The van der Waals surface area contributed by atoms with Crippen molar-refractivity contribution in [3.63, 3.8) is 0 Å². The molecule has 9 heteroatoms. The van der Waals surface area contributed by atoms with Crippen LogP contribution in [0.3, 0.4) is 0 Å². The molecule has 2 heterocycles. The molecule has 0 fully saturated rings. The van der Waals surface area contributed by atoms with E-state index in [1.54, 1.807) is 47.3 Å². The van der Waals surface area contributed by atoms with Gasteiger partial charge in [0.15, 0.2) is 0 Å². The highest BCUT2D eigenvalue weighted by Crippen LogP contribution is 2.26. The van der Waals surface area contributed by atoms with Gasteiger partial charge in [-0.15, -0.1) is 0 Å². The maximum Gasteiger partial charge on any atom is 0.342 e. The van der Waals surface area contributed by atoms with E-state index in [-0.39, 0.29) is 12.1 Å². The minimum Gasteiger partial charge on any atom is -0.306 e. The van der Waals surface area contributed by atoms with Gasteiger partial charge in [-0.25, -0.2) is 9.80 Å². The lowest BCUT2D eigenvalue weighted by Crippen LogP contribution is -2.31. The van der Waals surface area contributed by atoms with Gasteiger partial charge in [-0.2, -0.15) is 10.2 Å². The number of amides is 2. The number of carbonyl (C=O) groups excluding carboxylic acids is 1. The highest BCUT2D eigenvalue weighted by molar-refractivity contribution is 9.10.